The second-order valence-electron chi connectivity index (χ2n) is 4.43. The van der Waals surface area contributed by atoms with Crippen LogP contribution in [0.2, 0.25) is 0 Å². The van der Waals surface area contributed by atoms with Crippen molar-refractivity contribution in [3.05, 3.63) is 38.3 Å². The van der Waals surface area contributed by atoms with Crippen molar-refractivity contribution < 1.29 is 4.92 Å². The van der Waals surface area contributed by atoms with Gasteiger partial charge in [0.1, 0.15) is 0 Å². The topological polar surface area (TPSA) is 65.1 Å². The molecule has 0 aliphatic carbocycles. The second-order valence-corrected chi connectivity index (χ2v) is 4.79. The third kappa shape index (κ3) is 3.60. The van der Waals surface area contributed by atoms with Crippen molar-refractivity contribution in [3.8, 4) is 0 Å². The first-order chi connectivity index (χ1) is 8.49. The molecule has 0 N–H and O–H groups in total. The number of hydrogen-bond donors (Lipinski definition) is 1. The van der Waals surface area contributed by atoms with E-state index in [0.717, 1.165) is 12.8 Å². The lowest BCUT2D eigenvalue weighted by molar-refractivity contribution is -0.385. The molecule has 1 aromatic rings. The molecule has 5 nitrogen and oxygen atoms in total. The normalized spacial score (nSPS) is 12.4. The van der Waals surface area contributed by atoms with Crippen LogP contribution in [0.5, 0.6) is 0 Å². The van der Waals surface area contributed by atoms with Gasteiger partial charge in [0, 0.05) is 18.2 Å². The molecule has 0 fully saturated rings. The fourth-order valence-corrected chi connectivity index (χ4v) is 2.21. The number of nitro groups is 1. The summed E-state index contributed by atoms with van der Waals surface area (Å²) in [5.74, 6) is 0.931. The number of hydrogen-bond acceptors (Lipinski definition) is 4. The second kappa shape index (κ2) is 6.58. The summed E-state index contributed by atoms with van der Waals surface area (Å²) in [6, 6.07) is 1.32. The third-order valence-corrected chi connectivity index (χ3v) is 3.43. The van der Waals surface area contributed by atoms with Gasteiger partial charge < -0.3 is 4.57 Å². The summed E-state index contributed by atoms with van der Waals surface area (Å²) >= 11 is 4.25. The maximum absolute atomic E-state index is 11.8. The van der Waals surface area contributed by atoms with Crippen molar-refractivity contribution in [2.45, 2.75) is 33.2 Å². The van der Waals surface area contributed by atoms with Crippen LogP contribution in [0.15, 0.2) is 17.1 Å². The van der Waals surface area contributed by atoms with Crippen LogP contribution in [0, 0.1) is 23.0 Å². The van der Waals surface area contributed by atoms with E-state index in [0.29, 0.717) is 17.9 Å². The number of pyridine rings is 1. The van der Waals surface area contributed by atoms with Crippen molar-refractivity contribution in [2.24, 2.45) is 5.92 Å². The Kier molecular flexibility index (Phi) is 5.40. The molecule has 0 spiro atoms. The first kappa shape index (κ1) is 14.8. The quantitative estimate of drug-likeness (QED) is 0.490. The fourth-order valence-electron chi connectivity index (χ4n) is 1.92. The monoisotopic (exact) mass is 270 g/mol. The summed E-state index contributed by atoms with van der Waals surface area (Å²) < 4.78 is 1.42. The Morgan fingerprint density at radius 2 is 2.22 bits per heavy atom. The molecule has 18 heavy (non-hydrogen) atoms. The van der Waals surface area contributed by atoms with E-state index in [1.165, 1.54) is 16.8 Å². The molecule has 1 unspecified atom stereocenters. The van der Waals surface area contributed by atoms with Crippen molar-refractivity contribution in [2.75, 3.05) is 5.75 Å². The number of nitrogens with zero attached hydrogens (tertiary/aromatic N) is 2. The summed E-state index contributed by atoms with van der Waals surface area (Å²) in [6.07, 6.45) is 3.30. The zero-order chi connectivity index (χ0) is 13.7. The molecule has 1 aromatic heterocycles. The Morgan fingerprint density at radius 1 is 1.56 bits per heavy atom. The Hall–Kier alpha value is -1.30. The van der Waals surface area contributed by atoms with Crippen LogP contribution in [0.1, 0.15) is 25.3 Å². The minimum atomic E-state index is -0.458. The molecule has 1 rings (SSSR count). The van der Waals surface area contributed by atoms with Gasteiger partial charge in [0.05, 0.1) is 11.1 Å². The summed E-state index contributed by atoms with van der Waals surface area (Å²) in [6.45, 7) is 4.13. The molecule has 0 aliphatic heterocycles. The molecule has 6 heteroatoms. The van der Waals surface area contributed by atoms with E-state index in [1.54, 1.807) is 6.92 Å². The van der Waals surface area contributed by atoms with Crippen molar-refractivity contribution in [1.82, 2.24) is 4.57 Å². The van der Waals surface area contributed by atoms with Gasteiger partial charge in [-0.3, -0.25) is 14.9 Å². The number of rotatable bonds is 6. The maximum atomic E-state index is 11.8. The number of aromatic nitrogens is 1. The SMILES string of the molecule is CCCC(CS)Cn1cc([N+](=O)[O-])c(C)cc1=O. The summed E-state index contributed by atoms with van der Waals surface area (Å²) in [7, 11) is 0. The molecular formula is C12H18N2O3S. The van der Waals surface area contributed by atoms with Crippen molar-refractivity contribution in [1.29, 1.82) is 0 Å². The lowest BCUT2D eigenvalue weighted by Gasteiger charge is -2.15. The van der Waals surface area contributed by atoms with Gasteiger partial charge in [-0.15, -0.1) is 0 Å². The minimum absolute atomic E-state index is 0.0102. The lowest BCUT2D eigenvalue weighted by atomic mass is 10.1. The van der Waals surface area contributed by atoms with E-state index in [4.69, 9.17) is 0 Å². The Labute approximate surface area is 111 Å². The van der Waals surface area contributed by atoms with Crippen LogP contribution in [-0.2, 0) is 6.54 Å². The highest BCUT2D eigenvalue weighted by Crippen LogP contribution is 2.16. The summed E-state index contributed by atoms with van der Waals surface area (Å²) in [5.41, 5.74) is 0.198. The average Bonchev–Trinajstić information content (AvgIpc) is 2.31. The highest BCUT2D eigenvalue weighted by molar-refractivity contribution is 7.80. The van der Waals surface area contributed by atoms with Crippen molar-refractivity contribution in [3.63, 3.8) is 0 Å². The molecule has 0 aromatic carbocycles. The predicted octanol–water partition coefficient (Wildman–Crippen LogP) is 2.41. The first-order valence-electron chi connectivity index (χ1n) is 5.96. The van der Waals surface area contributed by atoms with Crippen molar-refractivity contribution >= 4 is 18.3 Å². The maximum Gasteiger partial charge on any atom is 0.288 e. The molecular weight excluding hydrogens is 252 g/mol. The van der Waals surface area contributed by atoms with E-state index in [9.17, 15) is 14.9 Å². The van der Waals surface area contributed by atoms with Gasteiger partial charge in [0.15, 0.2) is 0 Å². The molecule has 0 radical (unpaired) electrons. The lowest BCUT2D eigenvalue weighted by Crippen LogP contribution is -2.24. The standard InChI is InChI=1S/C12H18N2O3S/c1-3-4-10(8-18)6-13-7-11(14(16)17)9(2)5-12(13)15/h5,7,10,18H,3-4,6,8H2,1-2H3. The van der Waals surface area contributed by atoms with E-state index < -0.39 is 4.92 Å². The molecule has 0 aliphatic rings. The molecule has 1 atom stereocenters. The fraction of sp³-hybridized carbons (Fsp3) is 0.583. The zero-order valence-corrected chi connectivity index (χ0v) is 11.5. The molecule has 1 heterocycles. The van der Waals surface area contributed by atoms with Crippen LogP contribution in [-0.4, -0.2) is 15.2 Å². The van der Waals surface area contributed by atoms with Crippen LogP contribution in [0.4, 0.5) is 5.69 Å². The highest BCUT2D eigenvalue weighted by atomic mass is 32.1. The van der Waals surface area contributed by atoms with Gasteiger partial charge in [0.25, 0.3) is 11.2 Å². The van der Waals surface area contributed by atoms with Gasteiger partial charge in [0.2, 0.25) is 0 Å². The highest BCUT2D eigenvalue weighted by Gasteiger charge is 2.15. The number of thiol groups is 1. The largest absolute Gasteiger partial charge is 0.309 e. The van der Waals surface area contributed by atoms with Crippen LogP contribution in [0.3, 0.4) is 0 Å². The average molecular weight is 270 g/mol. The Morgan fingerprint density at radius 3 is 2.72 bits per heavy atom. The van der Waals surface area contributed by atoms with E-state index in [-0.39, 0.29) is 17.2 Å². The number of aryl methyl sites for hydroxylation is 1. The molecule has 0 saturated carbocycles. The van der Waals surface area contributed by atoms with Gasteiger partial charge in [-0.25, -0.2) is 0 Å². The summed E-state index contributed by atoms with van der Waals surface area (Å²) in [4.78, 5) is 22.2. The van der Waals surface area contributed by atoms with E-state index in [1.807, 2.05) is 0 Å². The van der Waals surface area contributed by atoms with Gasteiger partial charge >= 0.3 is 0 Å². The Bertz CT molecular complexity index is 485. The molecule has 0 amide bonds. The van der Waals surface area contributed by atoms with E-state index >= 15 is 0 Å². The zero-order valence-electron chi connectivity index (χ0n) is 10.6. The van der Waals surface area contributed by atoms with Crippen LogP contribution >= 0.6 is 12.6 Å². The minimum Gasteiger partial charge on any atom is -0.309 e. The van der Waals surface area contributed by atoms with Gasteiger partial charge in [-0.2, -0.15) is 12.6 Å². The van der Waals surface area contributed by atoms with Crippen LogP contribution in [0.25, 0.3) is 0 Å². The molecule has 0 bridgehead atoms. The third-order valence-electron chi connectivity index (χ3n) is 2.91. The smallest absolute Gasteiger partial charge is 0.288 e. The summed E-state index contributed by atoms with van der Waals surface area (Å²) in [5, 5.41) is 10.8. The molecule has 0 saturated heterocycles. The predicted molar refractivity (Wildman–Crippen MR) is 74.3 cm³/mol. The molecule has 100 valence electrons. The van der Waals surface area contributed by atoms with Gasteiger partial charge in [-0.05, 0) is 25.0 Å². The van der Waals surface area contributed by atoms with E-state index in [2.05, 4.69) is 19.6 Å². The first-order valence-corrected chi connectivity index (χ1v) is 6.59. The Balaban J connectivity index is 3.05. The van der Waals surface area contributed by atoms with Gasteiger partial charge in [-0.1, -0.05) is 13.3 Å². The van der Waals surface area contributed by atoms with Crippen LogP contribution < -0.4 is 5.56 Å².